The van der Waals surface area contributed by atoms with Gasteiger partial charge in [-0.15, -0.1) is 0 Å². The number of ether oxygens (including phenoxy) is 1. The van der Waals surface area contributed by atoms with Crippen LogP contribution in [0.3, 0.4) is 0 Å². The molecular formula is C22H21N7O3. The highest BCUT2D eigenvalue weighted by molar-refractivity contribution is 5.98. The predicted octanol–water partition coefficient (Wildman–Crippen LogP) is 2.89. The van der Waals surface area contributed by atoms with Crippen LogP contribution in [0, 0.1) is 0 Å². The van der Waals surface area contributed by atoms with E-state index >= 15 is 0 Å². The molecule has 1 aliphatic carbocycles. The van der Waals surface area contributed by atoms with Crippen molar-refractivity contribution in [2.75, 3.05) is 11.9 Å². The first-order valence-corrected chi connectivity index (χ1v) is 10.5. The fraction of sp³-hybridized carbons (Fsp3) is 0.273. The molecule has 1 saturated carbocycles. The van der Waals surface area contributed by atoms with Crippen molar-refractivity contribution in [3.05, 3.63) is 59.9 Å². The molecule has 1 amide bonds. The van der Waals surface area contributed by atoms with E-state index in [1.807, 2.05) is 24.3 Å². The van der Waals surface area contributed by atoms with Crippen LogP contribution in [0.4, 0.5) is 10.6 Å². The highest BCUT2D eigenvalue weighted by atomic mass is 16.5. The van der Waals surface area contributed by atoms with Gasteiger partial charge < -0.3 is 20.3 Å². The molecule has 3 aromatic heterocycles. The van der Waals surface area contributed by atoms with E-state index in [9.17, 15) is 4.79 Å². The smallest absolute Gasteiger partial charge is 0.331 e. The van der Waals surface area contributed by atoms with E-state index in [2.05, 4.69) is 25.8 Å². The quantitative estimate of drug-likeness (QED) is 0.439. The van der Waals surface area contributed by atoms with Crippen molar-refractivity contribution in [2.45, 2.75) is 31.3 Å². The summed E-state index contributed by atoms with van der Waals surface area (Å²) in [7, 11) is 0. The van der Waals surface area contributed by atoms with Crippen molar-refractivity contribution < 1.29 is 14.1 Å². The molecule has 1 fully saturated rings. The number of carbonyl (C=O) groups is 1. The van der Waals surface area contributed by atoms with E-state index < -0.39 is 0 Å². The molecule has 0 bridgehead atoms. The Bertz CT molecular complexity index is 1340. The SMILES string of the molecule is NCC1(c2cc(NC(=O)n3ccc4cc(Oc5ncnc6c5CNC6)ccc43)no2)CC1. The number of benzene rings is 1. The van der Waals surface area contributed by atoms with E-state index in [1.165, 1.54) is 10.9 Å². The number of aromatic nitrogens is 4. The summed E-state index contributed by atoms with van der Waals surface area (Å²) in [5.41, 5.74) is 8.39. The molecule has 32 heavy (non-hydrogen) atoms. The van der Waals surface area contributed by atoms with E-state index in [1.54, 1.807) is 12.3 Å². The molecule has 10 nitrogen and oxygen atoms in total. The van der Waals surface area contributed by atoms with E-state index in [0.717, 1.165) is 40.8 Å². The molecule has 0 saturated heterocycles. The van der Waals surface area contributed by atoms with Crippen molar-refractivity contribution >= 4 is 22.8 Å². The zero-order valence-corrected chi connectivity index (χ0v) is 17.2. The van der Waals surface area contributed by atoms with Crippen LogP contribution in [0.2, 0.25) is 0 Å². The molecule has 2 aliphatic rings. The maximum atomic E-state index is 12.8. The fourth-order valence-electron chi connectivity index (χ4n) is 4.08. The van der Waals surface area contributed by atoms with Gasteiger partial charge in [0.15, 0.2) is 5.82 Å². The molecule has 0 spiro atoms. The summed E-state index contributed by atoms with van der Waals surface area (Å²) < 4.78 is 12.9. The summed E-state index contributed by atoms with van der Waals surface area (Å²) in [6, 6.07) is 8.81. The topological polar surface area (TPSA) is 133 Å². The van der Waals surface area contributed by atoms with Crippen LogP contribution in [-0.2, 0) is 18.5 Å². The van der Waals surface area contributed by atoms with Crippen LogP contribution in [0.25, 0.3) is 10.9 Å². The Hall–Kier alpha value is -3.76. The van der Waals surface area contributed by atoms with Gasteiger partial charge in [0, 0.05) is 42.7 Å². The number of nitrogens with two attached hydrogens (primary N) is 1. The standard InChI is InChI=1S/C22H21N7O3/c23-11-22(4-5-22)18-8-19(28-32-18)27-21(30)29-6-3-13-7-14(1-2-17(13)29)31-20-15-9-24-10-16(15)25-12-26-20/h1-3,6-8,12,24H,4-5,9-11,23H2,(H,27,28,30). The first-order valence-electron chi connectivity index (χ1n) is 10.5. The summed E-state index contributed by atoms with van der Waals surface area (Å²) in [6.07, 6.45) is 5.17. The number of anilines is 1. The molecule has 6 rings (SSSR count). The lowest BCUT2D eigenvalue weighted by atomic mass is 10.0. The van der Waals surface area contributed by atoms with Gasteiger partial charge in [0.1, 0.15) is 17.8 Å². The number of hydrogen-bond acceptors (Lipinski definition) is 8. The van der Waals surface area contributed by atoms with Crippen LogP contribution in [0.15, 0.2) is 47.4 Å². The number of carbonyl (C=O) groups excluding carboxylic acids is 1. The molecule has 4 N–H and O–H groups in total. The summed E-state index contributed by atoms with van der Waals surface area (Å²) in [5.74, 6) is 2.28. The average Bonchev–Trinajstić information content (AvgIpc) is 3.15. The third-order valence-electron chi connectivity index (χ3n) is 6.20. The average molecular weight is 431 g/mol. The third kappa shape index (κ3) is 3.12. The lowest BCUT2D eigenvalue weighted by Crippen LogP contribution is -2.19. The Balaban J connectivity index is 1.21. The molecule has 0 atom stereocenters. The van der Waals surface area contributed by atoms with Crippen molar-refractivity contribution in [2.24, 2.45) is 5.73 Å². The van der Waals surface area contributed by atoms with Gasteiger partial charge in [0.2, 0.25) is 5.88 Å². The Kier molecular flexibility index (Phi) is 4.23. The van der Waals surface area contributed by atoms with Crippen molar-refractivity contribution in [1.29, 1.82) is 0 Å². The zero-order chi connectivity index (χ0) is 21.7. The van der Waals surface area contributed by atoms with Crippen LogP contribution in [0.5, 0.6) is 11.6 Å². The number of amides is 1. The maximum Gasteiger partial charge on any atom is 0.331 e. The first kappa shape index (κ1) is 19.0. The Morgan fingerprint density at radius 1 is 1.25 bits per heavy atom. The van der Waals surface area contributed by atoms with Gasteiger partial charge in [0.05, 0.1) is 16.8 Å². The van der Waals surface area contributed by atoms with Crippen molar-refractivity contribution in [3.8, 4) is 11.6 Å². The molecule has 4 aromatic rings. The zero-order valence-electron chi connectivity index (χ0n) is 17.2. The van der Waals surface area contributed by atoms with Gasteiger partial charge >= 0.3 is 6.03 Å². The van der Waals surface area contributed by atoms with Crippen LogP contribution in [0.1, 0.15) is 29.9 Å². The first-order chi connectivity index (χ1) is 15.6. The highest BCUT2D eigenvalue weighted by Crippen LogP contribution is 2.47. The second-order valence-electron chi connectivity index (χ2n) is 8.21. The lowest BCUT2D eigenvalue weighted by Gasteiger charge is -2.09. The molecule has 10 heteroatoms. The van der Waals surface area contributed by atoms with Gasteiger partial charge in [-0.1, -0.05) is 5.16 Å². The van der Waals surface area contributed by atoms with Crippen LogP contribution in [-0.4, -0.2) is 32.3 Å². The third-order valence-corrected chi connectivity index (χ3v) is 6.20. The molecule has 162 valence electrons. The van der Waals surface area contributed by atoms with Gasteiger partial charge in [-0.05, 0) is 37.1 Å². The Morgan fingerprint density at radius 3 is 3.00 bits per heavy atom. The number of nitrogens with one attached hydrogen (secondary N) is 2. The second kappa shape index (κ2) is 7.14. The molecule has 0 radical (unpaired) electrons. The Morgan fingerprint density at radius 2 is 2.16 bits per heavy atom. The number of hydrogen-bond donors (Lipinski definition) is 3. The second-order valence-corrected chi connectivity index (χ2v) is 8.21. The van der Waals surface area contributed by atoms with Crippen LogP contribution < -0.4 is 21.1 Å². The molecule has 0 unspecified atom stereocenters. The minimum absolute atomic E-state index is 0.119. The minimum atomic E-state index is -0.328. The van der Waals surface area contributed by atoms with Gasteiger partial charge in [-0.3, -0.25) is 9.88 Å². The van der Waals surface area contributed by atoms with Gasteiger partial charge in [0.25, 0.3) is 0 Å². The minimum Gasteiger partial charge on any atom is -0.439 e. The predicted molar refractivity (Wildman–Crippen MR) is 115 cm³/mol. The summed E-state index contributed by atoms with van der Waals surface area (Å²) in [4.78, 5) is 21.4. The van der Waals surface area contributed by atoms with E-state index in [-0.39, 0.29) is 11.4 Å². The number of fused-ring (bicyclic) bond motifs is 2. The number of nitrogens with zero attached hydrogens (tertiary/aromatic N) is 4. The van der Waals surface area contributed by atoms with E-state index in [4.69, 9.17) is 15.0 Å². The lowest BCUT2D eigenvalue weighted by molar-refractivity contribution is 0.254. The molecular weight excluding hydrogens is 410 g/mol. The normalized spacial score (nSPS) is 16.2. The molecule has 1 aromatic carbocycles. The maximum absolute atomic E-state index is 12.8. The molecule has 1 aliphatic heterocycles. The monoisotopic (exact) mass is 431 g/mol. The summed E-state index contributed by atoms with van der Waals surface area (Å²) >= 11 is 0. The van der Waals surface area contributed by atoms with E-state index in [0.29, 0.717) is 37.1 Å². The summed E-state index contributed by atoms with van der Waals surface area (Å²) in [5, 5.41) is 10.9. The Labute approximate surface area is 182 Å². The highest BCUT2D eigenvalue weighted by Gasteiger charge is 2.46. The van der Waals surface area contributed by atoms with Gasteiger partial charge in [-0.2, -0.15) is 0 Å². The van der Waals surface area contributed by atoms with Crippen molar-refractivity contribution in [1.82, 2.24) is 25.0 Å². The van der Waals surface area contributed by atoms with Gasteiger partial charge in [-0.25, -0.2) is 14.8 Å². The fourth-order valence-corrected chi connectivity index (χ4v) is 4.08. The number of rotatable bonds is 5. The summed E-state index contributed by atoms with van der Waals surface area (Å²) in [6.45, 7) is 1.91. The van der Waals surface area contributed by atoms with Crippen molar-refractivity contribution in [3.63, 3.8) is 0 Å². The largest absolute Gasteiger partial charge is 0.439 e. The van der Waals surface area contributed by atoms with Crippen LogP contribution >= 0.6 is 0 Å². The molecule has 4 heterocycles.